The van der Waals surface area contributed by atoms with Crippen LogP contribution in [0.15, 0.2) is 102 Å². The number of H-pyrrole nitrogens is 1. The summed E-state index contributed by atoms with van der Waals surface area (Å²) in [5, 5.41) is 0.770. The second kappa shape index (κ2) is 11.9. The molecule has 206 valence electrons. The summed E-state index contributed by atoms with van der Waals surface area (Å²) in [4.78, 5) is 24.1. The highest BCUT2D eigenvalue weighted by Gasteiger charge is 2.25. The third-order valence-corrected chi connectivity index (χ3v) is 8.23. The van der Waals surface area contributed by atoms with Gasteiger partial charge in [-0.1, -0.05) is 48.2 Å². The molecule has 0 atom stereocenters. The number of hydrogen-bond donors (Lipinski definition) is 1. The number of nitrogens with one attached hydrogen (secondary N) is 1. The van der Waals surface area contributed by atoms with Crippen molar-refractivity contribution >= 4 is 29.0 Å². The fourth-order valence-corrected chi connectivity index (χ4v) is 6.04. The molecule has 0 saturated heterocycles. The first kappa shape index (κ1) is 26.7. The lowest BCUT2D eigenvalue weighted by molar-refractivity contribution is -0.117. The fraction of sp³-hybridized carbons (Fsp3) is 0.176. The number of ether oxygens (including phenoxy) is 2. The van der Waals surface area contributed by atoms with Crippen molar-refractivity contribution in [3.63, 3.8) is 0 Å². The van der Waals surface area contributed by atoms with Gasteiger partial charge in [0.1, 0.15) is 11.5 Å². The highest BCUT2D eigenvalue weighted by molar-refractivity contribution is 7.99. The number of carbonyl (C=O) groups is 1. The largest absolute Gasteiger partial charge is 0.497 e. The van der Waals surface area contributed by atoms with Crippen LogP contribution >= 0.6 is 11.8 Å². The van der Waals surface area contributed by atoms with Crippen molar-refractivity contribution in [1.29, 1.82) is 0 Å². The Morgan fingerprint density at radius 3 is 1.88 bits per heavy atom. The zero-order valence-corrected chi connectivity index (χ0v) is 23.9. The number of hydrogen-bond acceptors (Lipinski definition) is 5. The average Bonchev–Trinajstić information content (AvgIpc) is 3.37. The van der Waals surface area contributed by atoms with E-state index in [2.05, 4.69) is 29.2 Å². The molecule has 41 heavy (non-hydrogen) atoms. The lowest BCUT2D eigenvalue weighted by atomic mass is 10.0. The van der Waals surface area contributed by atoms with Crippen LogP contribution in [-0.2, 0) is 17.6 Å². The highest BCUT2D eigenvalue weighted by atomic mass is 32.2. The molecular weight excluding hydrogens is 530 g/mol. The minimum atomic E-state index is 0.0802. The van der Waals surface area contributed by atoms with Crippen LogP contribution < -0.4 is 14.4 Å². The van der Waals surface area contributed by atoms with Gasteiger partial charge in [-0.15, -0.1) is 0 Å². The van der Waals surface area contributed by atoms with Crippen LogP contribution in [0.4, 0.5) is 11.4 Å². The van der Waals surface area contributed by atoms with Crippen LogP contribution in [0.25, 0.3) is 22.5 Å². The van der Waals surface area contributed by atoms with Crippen molar-refractivity contribution < 1.29 is 14.3 Å². The lowest BCUT2D eigenvalue weighted by Gasteiger charge is -2.25. The Balaban J connectivity index is 1.25. The molecule has 0 aliphatic carbocycles. The summed E-state index contributed by atoms with van der Waals surface area (Å²) < 4.78 is 10.7. The van der Waals surface area contributed by atoms with Gasteiger partial charge < -0.3 is 14.5 Å². The van der Waals surface area contributed by atoms with E-state index < -0.39 is 0 Å². The monoisotopic (exact) mass is 561 g/mol. The minimum absolute atomic E-state index is 0.0802. The molecule has 0 spiro atoms. The number of benzene rings is 4. The quantitative estimate of drug-likeness (QED) is 0.197. The predicted octanol–water partition coefficient (Wildman–Crippen LogP) is 7.71. The number of methoxy groups -OCH3 is 2. The topological polar surface area (TPSA) is 67.5 Å². The van der Waals surface area contributed by atoms with Gasteiger partial charge in [-0.3, -0.25) is 9.69 Å². The normalized spacial score (nSPS) is 12.3. The summed E-state index contributed by atoms with van der Waals surface area (Å²) in [5.41, 5.74) is 8.11. The summed E-state index contributed by atoms with van der Waals surface area (Å²) >= 11 is 1.56. The van der Waals surface area contributed by atoms with Crippen molar-refractivity contribution in [3.05, 3.63) is 108 Å². The molecule has 2 heterocycles. The Bertz CT molecular complexity index is 1550. The molecule has 4 aromatic carbocycles. The van der Waals surface area contributed by atoms with Crippen molar-refractivity contribution in [2.75, 3.05) is 24.9 Å². The Morgan fingerprint density at radius 1 is 0.780 bits per heavy atom. The van der Waals surface area contributed by atoms with E-state index in [1.165, 1.54) is 11.1 Å². The molecule has 5 aromatic rings. The van der Waals surface area contributed by atoms with E-state index in [1.54, 1.807) is 26.0 Å². The van der Waals surface area contributed by atoms with E-state index in [1.807, 2.05) is 77.7 Å². The maximum absolute atomic E-state index is 13.8. The van der Waals surface area contributed by atoms with Gasteiger partial charge in [0.05, 0.1) is 37.0 Å². The third kappa shape index (κ3) is 5.58. The number of aryl methyl sites for hydroxylation is 2. The number of nitrogens with zero attached hydrogens (tertiary/aromatic N) is 2. The number of thioether (sulfide) groups is 1. The molecule has 6 rings (SSSR count). The van der Waals surface area contributed by atoms with Gasteiger partial charge in [0.15, 0.2) is 5.16 Å². The van der Waals surface area contributed by atoms with Gasteiger partial charge >= 0.3 is 0 Å². The van der Waals surface area contributed by atoms with Crippen LogP contribution in [0.2, 0.25) is 0 Å². The average molecular weight is 562 g/mol. The van der Waals surface area contributed by atoms with Crippen LogP contribution in [0.5, 0.6) is 11.5 Å². The molecule has 0 fully saturated rings. The zero-order valence-electron chi connectivity index (χ0n) is 23.1. The molecular formula is C34H31N3O3S. The van der Waals surface area contributed by atoms with Crippen molar-refractivity contribution in [3.8, 4) is 34.0 Å². The third-order valence-electron chi connectivity index (χ3n) is 7.36. The summed E-state index contributed by atoms with van der Waals surface area (Å²) in [6, 6.07) is 32.3. The van der Waals surface area contributed by atoms with Gasteiger partial charge in [0.2, 0.25) is 5.91 Å². The van der Waals surface area contributed by atoms with E-state index in [4.69, 9.17) is 14.5 Å². The molecule has 0 saturated carbocycles. The van der Waals surface area contributed by atoms with Crippen molar-refractivity contribution in [2.45, 2.75) is 24.4 Å². The second-order valence-electron chi connectivity index (χ2n) is 9.81. The number of carbonyl (C=O) groups excluding carboxylic acids is 1. The number of rotatable bonds is 8. The molecule has 1 amide bonds. The SMILES string of the molecule is COc1ccc(-c2nc(SCCC(=O)N3c4ccccc4CCc4ccccc43)[nH]c2-c2ccc(OC)cc2)cc1. The number of anilines is 2. The zero-order chi connectivity index (χ0) is 28.2. The molecule has 6 nitrogen and oxygen atoms in total. The second-order valence-corrected chi connectivity index (χ2v) is 10.9. The van der Waals surface area contributed by atoms with Crippen molar-refractivity contribution in [2.24, 2.45) is 0 Å². The standard InChI is InChI=1S/C34H31N3O3S/c1-39-27-17-13-25(14-18-27)32-33(26-15-19-28(40-2)20-16-26)36-34(35-32)41-22-21-31(38)37-29-9-5-3-7-23(29)11-12-24-8-4-6-10-30(24)37/h3-10,13-20H,11-12,21-22H2,1-2H3,(H,35,36). The maximum atomic E-state index is 13.8. The van der Waals surface area contributed by atoms with Crippen LogP contribution in [0, 0.1) is 0 Å². The molecule has 7 heteroatoms. The molecule has 1 aromatic heterocycles. The Labute approximate surface area is 244 Å². The predicted molar refractivity (Wildman–Crippen MR) is 165 cm³/mol. The Hall–Kier alpha value is -4.49. The van der Waals surface area contributed by atoms with E-state index in [-0.39, 0.29) is 5.91 Å². The number of para-hydroxylation sites is 2. The first-order valence-corrected chi connectivity index (χ1v) is 14.6. The van der Waals surface area contributed by atoms with E-state index in [0.29, 0.717) is 12.2 Å². The molecule has 0 unspecified atom stereocenters. The van der Waals surface area contributed by atoms with Gasteiger partial charge in [-0.25, -0.2) is 4.98 Å². The number of aromatic nitrogens is 2. The first-order chi connectivity index (χ1) is 20.1. The summed E-state index contributed by atoms with van der Waals surface area (Å²) in [6.07, 6.45) is 2.21. The van der Waals surface area contributed by atoms with Crippen LogP contribution in [0.1, 0.15) is 17.5 Å². The molecule has 1 N–H and O–H groups in total. The molecule has 1 aliphatic rings. The molecule has 1 aliphatic heterocycles. The fourth-order valence-electron chi connectivity index (χ4n) is 5.24. The number of aromatic amines is 1. The minimum Gasteiger partial charge on any atom is -0.497 e. The van der Waals surface area contributed by atoms with Gasteiger partial charge in [0, 0.05) is 23.3 Å². The van der Waals surface area contributed by atoms with Gasteiger partial charge in [0.25, 0.3) is 0 Å². The number of amides is 1. The summed E-state index contributed by atoms with van der Waals surface area (Å²) in [7, 11) is 3.32. The van der Waals surface area contributed by atoms with Gasteiger partial charge in [-0.2, -0.15) is 0 Å². The lowest BCUT2D eigenvalue weighted by Crippen LogP contribution is -2.27. The van der Waals surface area contributed by atoms with Crippen LogP contribution in [-0.4, -0.2) is 35.8 Å². The van der Waals surface area contributed by atoms with E-state index in [0.717, 1.165) is 63.4 Å². The van der Waals surface area contributed by atoms with E-state index >= 15 is 0 Å². The molecule has 0 radical (unpaired) electrons. The maximum Gasteiger partial charge on any atom is 0.232 e. The molecule has 0 bridgehead atoms. The van der Waals surface area contributed by atoms with E-state index in [9.17, 15) is 4.79 Å². The van der Waals surface area contributed by atoms with Gasteiger partial charge in [-0.05, 0) is 84.6 Å². The first-order valence-electron chi connectivity index (χ1n) is 13.6. The van der Waals surface area contributed by atoms with Crippen molar-refractivity contribution in [1.82, 2.24) is 9.97 Å². The summed E-state index contributed by atoms with van der Waals surface area (Å²) in [5.74, 6) is 2.26. The Kier molecular flexibility index (Phi) is 7.78. The number of fused-ring (bicyclic) bond motifs is 2. The smallest absolute Gasteiger partial charge is 0.232 e. The Morgan fingerprint density at radius 2 is 1.32 bits per heavy atom. The van der Waals surface area contributed by atoms with Crippen LogP contribution in [0.3, 0.4) is 0 Å². The number of imidazole rings is 1. The highest BCUT2D eigenvalue weighted by Crippen LogP contribution is 2.38. The summed E-state index contributed by atoms with van der Waals surface area (Å²) in [6.45, 7) is 0.